The van der Waals surface area contributed by atoms with Crippen molar-refractivity contribution in [2.75, 3.05) is 26.8 Å². The van der Waals surface area contributed by atoms with E-state index in [1.165, 1.54) is 19.3 Å². The van der Waals surface area contributed by atoms with E-state index in [0.717, 1.165) is 25.6 Å². The Morgan fingerprint density at radius 3 is 2.40 bits per heavy atom. The summed E-state index contributed by atoms with van der Waals surface area (Å²) < 4.78 is 5.01. The van der Waals surface area contributed by atoms with Crippen LogP contribution in [0.1, 0.15) is 47.0 Å². The van der Waals surface area contributed by atoms with Gasteiger partial charge in [-0.15, -0.1) is 0 Å². The van der Waals surface area contributed by atoms with E-state index in [-0.39, 0.29) is 0 Å². The van der Waals surface area contributed by atoms with Gasteiger partial charge in [0.2, 0.25) is 0 Å². The zero-order valence-corrected chi connectivity index (χ0v) is 11.2. The van der Waals surface area contributed by atoms with E-state index in [4.69, 9.17) is 4.74 Å². The van der Waals surface area contributed by atoms with E-state index in [0.29, 0.717) is 5.41 Å². The van der Waals surface area contributed by atoms with Gasteiger partial charge in [0.15, 0.2) is 0 Å². The first kappa shape index (κ1) is 14.9. The number of nitrogens with one attached hydrogen (secondary N) is 1. The Balaban J connectivity index is 3.55. The van der Waals surface area contributed by atoms with Gasteiger partial charge >= 0.3 is 0 Å². The Bertz CT molecular complexity index is 140. The SMILES string of the molecule is CCC(CCC(C)(C)C)CNCCOC. The molecule has 2 nitrogen and oxygen atoms in total. The van der Waals surface area contributed by atoms with Gasteiger partial charge in [0.1, 0.15) is 0 Å². The maximum Gasteiger partial charge on any atom is 0.0587 e. The molecule has 0 aliphatic heterocycles. The normalized spacial score (nSPS) is 14.2. The maximum atomic E-state index is 5.01. The Morgan fingerprint density at radius 1 is 1.27 bits per heavy atom. The molecule has 0 fully saturated rings. The summed E-state index contributed by atoms with van der Waals surface area (Å²) in [4.78, 5) is 0. The van der Waals surface area contributed by atoms with Crippen LogP contribution in [0, 0.1) is 11.3 Å². The van der Waals surface area contributed by atoms with Crippen LogP contribution in [-0.4, -0.2) is 26.8 Å². The van der Waals surface area contributed by atoms with E-state index in [1.807, 2.05) is 0 Å². The van der Waals surface area contributed by atoms with Crippen LogP contribution >= 0.6 is 0 Å². The molecule has 0 radical (unpaired) electrons. The fourth-order valence-corrected chi connectivity index (χ4v) is 1.57. The fraction of sp³-hybridized carbons (Fsp3) is 1.00. The van der Waals surface area contributed by atoms with Crippen molar-refractivity contribution >= 4 is 0 Å². The average Bonchev–Trinajstić information content (AvgIpc) is 2.15. The Kier molecular flexibility index (Phi) is 8.07. The minimum absolute atomic E-state index is 0.472. The molecule has 0 rings (SSSR count). The van der Waals surface area contributed by atoms with Gasteiger partial charge in [-0.2, -0.15) is 0 Å². The molecule has 0 saturated heterocycles. The minimum atomic E-state index is 0.472. The van der Waals surface area contributed by atoms with E-state index < -0.39 is 0 Å². The van der Waals surface area contributed by atoms with Gasteiger partial charge in [-0.05, 0) is 30.7 Å². The summed E-state index contributed by atoms with van der Waals surface area (Å²) >= 11 is 0. The van der Waals surface area contributed by atoms with Gasteiger partial charge in [-0.25, -0.2) is 0 Å². The third kappa shape index (κ3) is 10.2. The molecule has 1 atom stereocenters. The third-order valence-corrected chi connectivity index (χ3v) is 2.80. The first-order chi connectivity index (χ1) is 6.99. The summed E-state index contributed by atoms with van der Waals surface area (Å²) in [7, 11) is 1.75. The van der Waals surface area contributed by atoms with Crippen LogP contribution < -0.4 is 5.32 Å². The molecule has 0 aromatic carbocycles. The molecule has 15 heavy (non-hydrogen) atoms. The second-order valence-electron chi connectivity index (χ2n) is 5.57. The molecular formula is C13H29NO. The van der Waals surface area contributed by atoms with Crippen molar-refractivity contribution in [3.05, 3.63) is 0 Å². The molecule has 2 heteroatoms. The van der Waals surface area contributed by atoms with Gasteiger partial charge in [-0.3, -0.25) is 0 Å². The van der Waals surface area contributed by atoms with E-state index >= 15 is 0 Å². The Labute approximate surface area is 95.8 Å². The predicted molar refractivity (Wildman–Crippen MR) is 67.2 cm³/mol. The average molecular weight is 215 g/mol. The standard InChI is InChI=1S/C13H29NO/c1-6-12(7-8-13(2,3)4)11-14-9-10-15-5/h12,14H,6-11H2,1-5H3. The molecule has 0 aromatic heterocycles. The highest BCUT2D eigenvalue weighted by atomic mass is 16.5. The highest BCUT2D eigenvalue weighted by molar-refractivity contribution is 4.67. The number of ether oxygens (including phenoxy) is 1. The summed E-state index contributed by atoms with van der Waals surface area (Å²) in [6, 6.07) is 0. The molecule has 92 valence electrons. The van der Waals surface area contributed by atoms with Crippen LogP contribution in [0.25, 0.3) is 0 Å². The lowest BCUT2D eigenvalue weighted by Gasteiger charge is -2.22. The molecule has 0 aromatic rings. The van der Waals surface area contributed by atoms with Crippen molar-refractivity contribution in [2.24, 2.45) is 11.3 Å². The lowest BCUT2D eigenvalue weighted by Crippen LogP contribution is -2.26. The molecule has 0 saturated carbocycles. The molecule has 0 bridgehead atoms. The van der Waals surface area contributed by atoms with Crippen LogP contribution in [-0.2, 0) is 4.74 Å². The quantitative estimate of drug-likeness (QED) is 0.628. The molecule has 1 unspecified atom stereocenters. The highest BCUT2D eigenvalue weighted by Gasteiger charge is 2.13. The smallest absolute Gasteiger partial charge is 0.0587 e. The molecular weight excluding hydrogens is 186 g/mol. The van der Waals surface area contributed by atoms with Crippen molar-refractivity contribution < 1.29 is 4.74 Å². The summed E-state index contributed by atoms with van der Waals surface area (Å²) in [6.07, 6.45) is 3.92. The van der Waals surface area contributed by atoms with Crippen molar-refractivity contribution in [3.8, 4) is 0 Å². The highest BCUT2D eigenvalue weighted by Crippen LogP contribution is 2.24. The summed E-state index contributed by atoms with van der Waals surface area (Å²) in [6.45, 7) is 12.2. The lowest BCUT2D eigenvalue weighted by molar-refractivity contribution is 0.196. The van der Waals surface area contributed by atoms with Crippen LogP contribution in [0.4, 0.5) is 0 Å². The molecule has 1 N–H and O–H groups in total. The van der Waals surface area contributed by atoms with Crippen molar-refractivity contribution in [2.45, 2.75) is 47.0 Å². The second-order valence-corrected chi connectivity index (χ2v) is 5.57. The fourth-order valence-electron chi connectivity index (χ4n) is 1.57. The molecule has 0 aliphatic rings. The Morgan fingerprint density at radius 2 is 1.93 bits per heavy atom. The first-order valence-corrected chi connectivity index (χ1v) is 6.19. The first-order valence-electron chi connectivity index (χ1n) is 6.19. The second kappa shape index (κ2) is 8.12. The van der Waals surface area contributed by atoms with Crippen molar-refractivity contribution in [1.82, 2.24) is 5.32 Å². The number of rotatable bonds is 8. The van der Waals surface area contributed by atoms with Gasteiger partial charge in [0, 0.05) is 13.7 Å². The minimum Gasteiger partial charge on any atom is -0.383 e. The Hall–Kier alpha value is -0.0800. The van der Waals surface area contributed by atoms with Crippen molar-refractivity contribution in [3.63, 3.8) is 0 Å². The van der Waals surface area contributed by atoms with E-state index in [1.54, 1.807) is 7.11 Å². The van der Waals surface area contributed by atoms with Crippen LogP contribution in [0.5, 0.6) is 0 Å². The van der Waals surface area contributed by atoms with Crippen LogP contribution in [0.3, 0.4) is 0 Å². The zero-order valence-electron chi connectivity index (χ0n) is 11.2. The summed E-state index contributed by atoms with van der Waals surface area (Å²) in [5, 5.41) is 3.45. The largest absolute Gasteiger partial charge is 0.383 e. The topological polar surface area (TPSA) is 21.3 Å². The molecule has 0 heterocycles. The number of hydrogen-bond donors (Lipinski definition) is 1. The molecule has 0 amide bonds. The molecule has 0 spiro atoms. The number of hydrogen-bond acceptors (Lipinski definition) is 2. The number of methoxy groups -OCH3 is 1. The van der Waals surface area contributed by atoms with Gasteiger partial charge < -0.3 is 10.1 Å². The van der Waals surface area contributed by atoms with Crippen LogP contribution in [0.15, 0.2) is 0 Å². The van der Waals surface area contributed by atoms with Gasteiger partial charge in [0.25, 0.3) is 0 Å². The summed E-state index contributed by atoms with van der Waals surface area (Å²) in [5.41, 5.74) is 0.472. The van der Waals surface area contributed by atoms with Crippen LogP contribution in [0.2, 0.25) is 0 Å². The van der Waals surface area contributed by atoms with E-state index in [9.17, 15) is 0 Å². The third-order valence-electron chi connectivity index (χ3n) is 2.80. The summed E-state index contributed by atoms with van der Waals surface area (Å²) in [5.74, 6) is 0.820. The van der Waals surface area contributed by atoms with Gasteiger partial charge in [-0.1, -0.05) is 34.1 Å². The zero-order chi connectivity index (χ0) is 11.7. The van der Waals surface area contributed by atoms with Gasteiger partial charge in [0.05, 0.1) is 6.61 Å². The molecule has 0 aliphatic carbocycles. The maximum absolute atomic E-state index is 5.01. The van der Waals surface area contributed by atoms with E-state index in [2.05, 4.69) is 33.0 Å². The predicted octanol–water partition coefficient (Wildman–Crippen LogP) is 3.07. The monoisotopic (exact) mass is 215 g/mol. The lowest BCUT2D eigenvalue weighted by atomic mass is 9.86. The van der Waals surface area contributed by atoms with Crippen molar-refractivity contribution in [1.29, 1.82) is 0 Å².